The number of hydrogen-bond donors (Lipinski definition) is 2. The molecule has 0 aliphatic carbocycles. The van der Waals surface area contributed by atoms with Crippen LogP contribution in [-0.4, -0.2) is 42.9 Å². The third-order valence-electron chi connectivity index (χ3n) is 2.63. The first-order valence-corrected chi connectivity index (χ1v) is 6.91. The van der Waals surface area contributed by atoms with E-state index >= 15 is 0 Å². The maximum atomic E-state index is 11.6. The van der Waals surface area contributed by atoms with Crippen LogP contribution in [0.25, 0.3) is 0 Å². The van der Waals surface area contributed by atoms with Crippen LogP contribution in [0.15, 0.2) is 0 Å². The van der Waals surface area contributed by atoms with Gasteiger partial charge in [-0.3, -0.25) is 4.79 Å². The van der Waals surface area contributed by atoms with Crippen LogP contribution in [0, 0.1) is 5.92 Å². The van der Waals surface area contributed by atoms with Crippen molar-refractivity contribution >= 4 is 21.7 Å². The molecule has 16 heavy (non-hydrogen) atoms. The predicted molar refractivity (Wildman–Crippen MR) is 56.6 cm³/mol. The summed E-state index contributed by atoms with van der Waals surface area (Å²) in [5.41, 5.74) is 0. The summed E-state index contributed by atoms with van der Waals surface area (Å²) in [4.78, 5) is 22.2. The summed E-state index contributed by atoms with van der Waals surface area (Å²) in [7, 11) is -3.11. The van der Waals surface area contributed by atoms with Gasteiger partial charge < -0.3 is 10.4 Å². The number of hydrogen-bond acceptors (Lipinski definition) is 4. The van der Waals surface area contributed by atoms with Gasteiger partial charge in [0.15, 0.2) is 9.84 Å². The second-order valence-corrected chi connectivity index (χ2v) is 6.14. The summed E-state index contributed by atoms with van der Waals surface area (Å²) in [6, 6.07) is -0.934. The molecule has 7 heteroatoms. The highest BCUT2D eigenvalue weighted by Crippen LogP contribution is 2.18. The number of sulfone groups is 1. The van der Waals surface area contributed by atoms with E-state index in [-0.39, 0.29) is 24.3 Å². The Hall–Kier alpha value is -1.11. The van der Waals surface area contributed by atoms with Crippen molar-refractivity contribution in [2.45, 2.75) is 25.8 Å². The Bertz CT molecular complexity index is 389. The van der Waals surface area contributed by atoms with Crippen molar-refractivity contribution < 1.29 is 23.1 Å². The molecule has 1 rings (SSSR count). The Morgan fingerprint density at radius 3 is 2.50 bits per heavy atom. The van der Waals surface area contributed by atoms with E-state index in [1.807, 2.05) is 0 Å². The topological polar surface area (TPSA) is 101 Å². The van der Waals surface area contributed by atoms with Crippen LogP contribution >= 0.6 is 0 Å². The minimum Gasteiger partial charge on any atom is -0.480 e. The van der Waals surface area contributed by atoms with Gasteiger partial charge in [-0.05, 0) is 12.8 Å². The van der Waals surface area contributed by atoms with E-state index in [1.165, 1.54) is 0 Å². The molecule has 2 N–H and O–H groups in total. The summed E-state index contributed by atoms with van der Waals surface area (Å²) >= 11 is 0. The second-order valence-electron chi connectivity index (χ2n) is 3.91. The number of aliphatic carboxylic acids is 1. The fourth-order valence-electron chi connectivity index (χ4n) is 1.63. The molecular weight excluding hydrogens is 234 g/mol. The minimum absolute atomic E-state index is 0.00888. The molecule has 0 aromatic carbocycles. The molecule has 0 aromatic heterocycles. The summed E-state index contributed by atoms with van der Waals surface area (Å²) in [6.45, 7) is 1.64. The van der Waals surface area contributed by atoms with Crippen molar-refractivity contribution in [1.29, 1.82) is 0 Å². The Morgan fingerprint density at radius 1 is 1.50 bits per heavy atom. The maximum absolute atomic E-state index is 11.6. The van der Waals surface area contributed by atoms with Crippen molar-refractivity contribution in [1.82, 2.24) is 5.32 Å². The van der Waals surface area contributed by atoms with Crippen LogP contribution in [0.2, 0.25) is 0 Å². The monoisotopic (exact) mass is 249 g/mol. The van der Waals surface area contributed by atoms with Gasteiger partial charge in [0.2, 0.25) is 5.91 Å². The molecule has 0 radical (unpaired) electrons. The van der Waals surface area contributed by atoms with Gasteiger partial charge in [0, 0.05) is 0 Å². The highest BCUT2D eigenvalue weighted by Gasteiger charge is 2.34. The first kappa shape index (κ1) is 13.0. The number of amides is 1. The standard InChI is InChI=1S/C9H15NO5S/c1-2-7(9(12)13)10-8(11)6-3-4-16(14,15)5-6/h6-7H,2-5H2,1H3,(H,10,11)(H,12,13). The zero-order chi connectivity index (χ0) is 12.3. The fraction of sp³-hybridized carbons (Fsp3) is 0.778. The molecule has 1 heterocycles. The van der Waals surface area contributed by atoms with Crippen LogP contribution in [0.1, 0.15) is 19.8 Å². The molecule has 1 aliphatic heterocycles. The van der Waals surface area contributed by atoms with E-state index in [9.17, 15) is 18.0 Å². The van der Waals surface area contributed by atoms with Gasteiger partial charge in [0.25, 0.3) is 0 Å². The van der Waals surface area contributed by atoms with Crippen molar-refractivity contribution in [2.24, 2.45) is 5.92 Å². The molecule has 1 aliphatic rings. The molecule has 1 saturated heterocycles. The first-order chi connectivity index (χ1) is 7.35. The lowest BCUT2D eigenvalue weighted by Crippen LogP contribution is -2.43. The lowest BCUT2D eigenvalue weighted by atomic mass is 10.1. The van der Waals surface area contributed by atoms with Gasteiger partial charge in [0.05, 0.1) is 17.4 Å². The average molecular weight is 249 g/mol. The van der Waals surface area contributed by atoms with Crippen molar-refractivity contribution in [3.63, 3.8) is 0 Å². The number of carbonyl (C=O) groups is 2. The van der Waals surface area contributed by atoms with Crippen molar-refractivity contribution in [3.05, 3.63) is 0 Å². The molecule has 2 atom stereocenters. The average Bonchev–Trinajstić information content (AvgIpc) is 2.54. The Labute approximate surface area is 93.9 Å². The van der Waals surface area contributed by atoms with Gasteiger partial charge in [-0.2, -0.15) is 0 Å². The van der Waals surface area contributed by atoms with Crippen LogP contribution in [-0.2, 0) is 19.4 Å². The molecule has 0 aromatic rings. The third-order valence-corrected chi connectivity index (χ3v) is 4.39. The van der Waals surface area contributed by atoms with Crippen LogP contribution in [0.4, 0.5) is 0 Å². The quantitative estimate of drug-likeness (QED) is 0.693. The van der Waals surface area contributed by atoms with Crippen LogP contribution in [0.5, 0.6) is 0 Å². The zero-order valence-corrected chi connectivity index (χ0v) is 9.79. The lowest BCUT2D eigenvalue weighted by Gasteiger charge is -2.14. The molecule has 0 spiro atoms. The Morgan fingerprint density at radius 2 is 2.12 bits per heavy atom. The number of carboxylic acids is 1. The number of carboxylic acid groups (broad SMARTS) is 1. The second kappa shape index (κ2) is 4.82. The largest absolute Gasteiger partial charge is 0.480 e. The van der Waals surface area contributed by atoms with Crippen LogP contribution in [0.3, 0.4) is 0 Å². The predicted octanol–water partition coefficient (Wildman–Crippen LogP) is -0.599. The van der Waals surface area contributed by atoms with E-state index in [2.05, 4.69) is 5.32 Å². The molecule has 0 saturated carbocycles. The third kappa shape index (κ3) is 3.19. The van der Waals surface area contributed by atoms with Gasteiger partial charge in [-0.1, -0.05) is 6.92 Å². The summed E-state index contributed by atoms with van der Waals surface area (Å²) in [5.74, 6) is -2.34. The number of carbonyl (C=O) groups excluding carboxylic acids is 1. The summed E-state index contributed by atoms with van der Waals surface area (Å²) in [6.07, 6.45) is 0.560. The lowest BCUT2D eigenvalue weighted by molar-refractivity contribution is -0.142. The number of nitrogens with one attached hydrogen (secondary N) is 1. The van der Waals surface area contributed by atoms with Gasteiger partial charge >= 0.3 is 5.97 Å². The molecule has 92 valence electrons. The SMILES string of the molecule is CCC(NC(=O)C1CCS(=O)(=O)C1)C(=O)O. The molecule has 1 fully saturated rings. The first-order valence-electron chi connectivity index (χ1n) is 5.09. The van der Waals surface area contributed by atoms with Crippen molar-refractivity contribution in [3.8, 4) is 0 Å². The Kier molecular flexibility index (Phi) is 3.90. The van der Waals surface area contributed by atoms with Gasteiger partial charge in [0.1, 0.15) is 6.04 Å². The van der Waals surface area contributed by atoms with Gasteiger partial charge in [-0.15, -0.1) is 0 Å². The minimum atomic E-state index is -3.11. The van der Waals surface area contributed by atoms with E-state index in [1.54, 1.807) is 6.92 Å². The molecule has 6 nitrogen and oxygen atoms in total. The van der Waals surface area contributed by atoms with E-state index in [0.717, 1.165) is 0 Å². The zero-order valence-electron chi connectivity index (χ0n) is 8.97. The summed E-state index contributed by atoms with van der Waals surface area (Å²) in [5, 5.41) is 11.1. The molecule has 2 unspecified atom stereocenters. The summed E-state index contributed by atoms with van der Waals surface area (Å²) < 4.78 is 22.3. The highest BCUT2D eigenvalue weighted by atomic mass is 32.2. The molecule has 1 amide bonds. The number of rotatable bonds is 4. The van der Waals surface area contributed by atoms with E-state index in [4.69, 9.17) is 5.11 Å². The smallest absolute Gasteiger partial charge is 0.326 e. The highest BCUT2D eigenvalue weighted by molar-refractivity contribution is 7.91. The fourth-order valence-corrected chi connectivity index (χ4v) is 3.37. The van der Waals surface area contributed by atoms with Crippen molar-refractivity contribution in [2.75, 3.05) is 11.5 Å². The normalized spacial score (nSPS) is 24.9. The van der Waals surface area contributed by atoms with E-state index < -0.39 is 33.7 Å². The van der Waals surface area contributed by atoms with E-state index in [0.29, 0.717) is 0 Å². The van der Waals surface area contributed by atoms with Gasteiger partial charge in [-0.25, -0.2) is 13.2 Å². The Balaban J connectivity index is 2.57. The molecule has 0 bridgehead atoms. The maximum Gasteiger partial charge on any atom is 0.326 e. The van der Waals surface area contributed by atoms with Crippen LogP contribution < -0.4 is 5.32 Å². The molecular formula is C9H15NO5S.